The zero-order valence-electron chi connectivity index (χ0n) is 4.94. The van der Waals surface area contributed by atoms with Gasteiger partial charge >= 0.3 is 0 Å². The highest BCUT2D eigenvalue weighted by atomic mass is 79.9. The minimum atomic E-state index is -0.367. The number of hydrogen-bond acceptors (Lipinski definition) is 1. The van der Waals surface area contributed by atoms with Crippen molar-refractivity contribution in [2.24, 2.45) is 0 Å². The summed E-state index contributed by atoms with van der Waals surface area (Å²) in [5, 5.41) is 0. The van der Waals surface area contributed by atoms with Gasteiger partial charge in [0.1, 0.15) is 0 Å². The molecule has 0 amide bonds. The fourth-order valence-electron chi connectivity index (χ4n) is 0.527. The molecule has 0 N–H and O–H groups in total. The van der Waals surface area contributed by atoms with Gasteiger partial charge in [0.15, 0.2) is 5.82 Å². The topological polar surface area (TPSA) is 12.9 Å². The van der Waals surface area contributed by atoms with E-state index in [0.717, 1.165) is 6.20 Å². The van der Waals surface area contributed by atoms with Crippen LogP contribution in [0.4, 0.5) is 4.39 Å². The second kappa shape index (κ2) is 3.30. The molecule has 1 aromatic rings. The van der Waals surface area contributed by atoms with Crippen LogP contribution in [0.1, 0.15) is 5.69 Å². The molecule has 1 aromatic heterocycles. The summed E-state index contributed by atoms with van der Waals surface area (Å²) < 4.78 is 12.9. The minimum Gasteiger partial charge on any atom is -0.257 e. The van der Waals surface area contributed by atoms with Crippen LogP contribution in [0.25, 0.3) is 0 Å². The molecule has 0 saturated carbocycles. The lowest BCUT2D eigenvalue weighted by molar-refractivity contribution is 0.613. The lowest BCUT2D eigenvalue weighted by atomic mass is 10.4. The van der Waals surface area contributed by atoms with Gasteiger partial charge in [-0.25, -0.2) is 4.39 Å². The van der Waals surface area contributed by atoms with Crippen molar-refractivity contribution in [2.75, 3.05) is 0 Å². The molecule has 1 nitrogen and oxygen atoms in total. The Balaban J connectivity index is 3.04. The molecule has 0 aliphatic rings. The summed E-state index contributed by atoms with van der Waals surface area (Å²) in [5.74, 6) is -0.0623. The maximum Gasteiger partial charge on any atom is 0.155 e. The van der Waals surface area contributed by atoms with Gasteiger partial charge in [-0.1, -0.05) is 0 Å². The molecule has 10 heavy (non-hydrogen) atoms. The van der Waals surface area contributed by atoms with Crippen LogP contribution < -0.4 is 0 Å². The van der Waals surface area contributed by atoms with Crippen molar-refractivity contribution in [1.29, 1.82) is 0 Å². The average Bonchev–Trinajstić information content (AvgIpc) is 1.95. The van der Waals surface area contributed by atoms with E-state index in [1.165, 1.54) is 0 Å². The predicted molar refractivity (Wildman–Crippen MR) is 41.5 cm³/mol. The van der Waals surface area contributed by atoms with Gasteiger partial charge < -0.3 is 0 Å². The minimum absolute atomic E-state index is 0.304. The van der Waals surface area contributed by atoms with Gasteiger partial charge in [0.2, 0.25) is 0 Å². The van der Waals surface area contributed by atoms with Crippen LogP contribution in [0.5, 0.6) is 0 Å². The van der Waals surface area contributed by atoms with Crippen molar-refractivity contribution in [3.63, 3.8) is 0 Å². The Morgan fingerprint density at radius 1 is 1.70 bits per heavy atom. The van der Waals surface area contributed by atoms with Gasteiger partial charge in [-0.15, -0.1) is 11.6 Å². The maximum absolute atomic E-state index is 12.5. The van der Waals surface area contributed by atoms with Crippen molar-refractivity contribution in [1.82, 2.24) is 4.98 Å². The van der Waals surface area contributed by atoms with Crippen LogP contribution in [-0.2, 0) is 5.88 Å². The van der Waals surface area contributed by atoms with Crippen molar-refractivity contribution < 1.29 is 4.39 Å². The van der Waals surface area contributed by atoms with Crippen LogP contribution in [0, 0.1) is 5.82 Å². The van der Waals surface area contributed by atoms with Crippen molar-refractivity contribution in [3.05, 3.63) is 28.2 Å². The molecule has 1 rings (SSSR count). The Kier molecular flexibility index (Phi) is 2.63. The highest BCUT2D eigenvalue weighted by molar-refractivity contribution is 9.10. The lowest BCUT2D eigenvalue weighted by Gasteiger charge is -1.95. The first-order valence-corrected chi connectivity index (χ1v) is 3.92. The second-order valence-electron chi connectivity index (χ2n) is 1.72. The molecule has 1 heterocycles. The first-order chi connectivity index (χ1) is 4.74. The third-order valence-electron chi connectivity index (χ3n) is 1.00. The quantitative estimate of drug-likeness (QED) is 0.669. The normalized spacial score (nSPS) is 9.90. The van der Waals surface area contributed by atoms with Gasteiger partial charge in [0.05, 0.1) is 22.2 Å². The van der Waals surface area contributed by atoms with Gasteiger partial charge in [0.25, 0.3) is 0 Å². The van der Waals surface area contributed by atoms with Crippen molar-refractivity contribution >= 4 is 27.5 Å². The molecule has 0 aromatic carbocycles. The molecular weight excluding hydrogens is 220 g/mol. The standard InChI is InChI=1S/C6H4BrClFN/c7-5-1-4(2-8)10-3-6(5)9/h1,3H,2H2. The van der Waals surface area contributed by atoms with E-state index >= 15 is 0 Å². The summed E-state index contributed by atoms with van der Waals surface area (Å²) in [6, 6.07) is 1.56. The van der Waals surface area contributed by atoms with E-state index in [9.17, 15) is 4.39 Å². The molecule has 0 bridgehead atoms. The highest BCUT2D eigenvalue weighted by Gasteiger charge is 1.99. The largest absolute Gasteiger partial charge is 0.257 e. The van der Waals surface area contributed by atoms with Crippen LogP contribution >= 0.6 is 27.5 Å². The summed E-state index contributed by atoms with van der Waals surface area (Å²) in [6.07, 6.45) is 1.14. The van der Waals surface area contributed by atoms with Crippen molar-refractivity contribution in [2.45, 2.75) is 5.88 Å². The smallest absolute Gasteiger partial charge is 0.155 e. The number of hydrogen-bond donors (Lipinski definition) is 0. The van der Waals surface area contributed by atoms with E-state index in [1.54, 1.807) is 6.07 Å². The van der Waals surface area contributed by atoms with Crippen LogP contribution in [0.3, 0.4) is 0 Å². The van der Waals surface area contributed by atoms with E-state index in [0.29, 0.717) is 16.0 Å². The Labute approximate surface area is 71.4 Å². The molecule has 0 saturated heterocycles. The van der Waals surface area contributed by atoms with Gasteiger partial charge in [-0.2, -0.15) is 0 Å². The van der Waals surface area contributed by atoms with E-state index in [2.05, 4.69) is 20.9 Å². The first-order valence-electron chi connectivity index (χ1n) is 2.60. The molecule has 4 heteroatoms. The molecule has 0 aliphatic heterocycles. The maximum atomic E-state index is 12.5. The number of alkyl halides is 1. The summed E-state index contributed by atoms with van der Waals surface area (Å²) in [7, 11) is 0. The Morgan fingerprint density at radius 2 is 2.40 bits per heavy atom. The Hall–Kier alpha value is -0.150. The van der Waals surface area contributed by atoms with Crippen LogP contribution in [0.2, 0.25) is 0 Å². The molecule has 0 spiro atoms. The molecule has 0 unspecified atom stereocenters. The third kappa shape index (κ3) is 1.67. The van der Waals surface area contributed by atoms with Crippen LogP contribution in [0.15, 0.2) is 16.7 Å². The fourth-order valence-corrected chi connectivity index (χ4v) is 1.04. The molecule has 0 atom stereocenters. The highest BCUT2D eigenvalue weighted by Crippen LogP contribution is 2.15. The molecule has 0 fully saturated rings. The molecule has 0 radical (unpaired) electrons. The summed E-state index contributed by atoms with van der Waals surface area (Å²) in [5.41, 5.74) is 0.662. The molecule has 0 aliphatic carbocycles. The second-order valence-corrected chi connectivity index (χ2v) is 2.84. The summed E-state index contributed by atoms with van der Waals surface area (Å²) >= 11 is 8.46. The number of pyridine rings is 1. The van der Waals surface area contributed by atoms with E-state index < -0.39 is 0 Å². The van der Waals surface area contributed by atoms with Gasteiger partial charge in [-0.05, 0) is 22.0 Å². The van der Waals surface area contributed by atoms with Gasteiger partial charge in [0, 0.05) is 0 Å². The SMILES string of the molecule is Fc1cnc(CCl)cc1Br. The molecule has 54 valence electrons. The number of aromatic nitrogens is 1. The zero-order chi connectivity index (χ0) is 7.56. The summed E-state index contributed by atoms with van der Waals surface area (Å²) in [4.78, 5) is 3.72. The van der Waals surface area contributed by atoms with Crippen molar-refractivity contribution in [3.8, 4) is 0 Å². The number of nitrogens with zero attached hydrogens (tertiary/aromatic N) is 1. The van der Waals surface area contributed by atoms with E-state index in [1.807, 2.05) is 0 Å². The monoisotopic (exact) mass is 223 g/mol. The molecular formula is C6H4BrClFN. The number of halogens is 3. The van der Waals surface area contributed by atoms with Gasteiger partial charge in [-0.3, -0.25) is 4.98 Å². The lowest BCUT2D eigenvalue weighted by Crippen LogP contribution is -1.86. The Morgan fingerprint density at radius 3 is 2.90 bits per heavy atom. The fraction of sp³-hybridized carbons (Fsp3) is 0.167. The average molecular weight is 224 g/mol. The zero-order valence-corrected chi connectivity index (χ0v) is 7.28. The van der Waals surface area contributed by atoms with E-state index in [-0.39, 0.29) is 5.82 Å². The van der Waals surface area contributed by atoms with Crippen LogP contribution in [-0.4, -0.2) is 4.98 Å². The number of rotatable bonds is 1. The Bertz CT molecular complexity index is 241. The van der Waals surface area contributed by atoms with E-state index in [4.69, 9.17) is 11.6 Å². The summed E-state index contributed by atoms with van der Waals surface area (Å²) in [6.45, 7) is 0. The first kappa shape index (κ1) is 7.95. The third-order valence-corrected chi connectivity index (χ3v) is 1.88. The predicted octanol–water partition coefficient (Wildman–Crippen LogP) is 2.72.